The van der Waals surface area contributed by atoms with Crippen LogP contribution in [-0.4, -0.2) is 19.8 Å². The van der Waals surface area contributed by atoms with E-state index in [2.05, 4.69) is 19.1 Å². The van der Waals surface area contributed by atoms with Crippen LogP contribution in [0.3, 0.4) is 0 Å². The van der Waals surface area contributed by atoms with Gasteiger partial charge < -0.3 is 15.2 Å². The average Bonchev–Trinajstić information content (AvgIpc) is 2.63. The number of nitrogens with two attached hydrogens (primary N) is 1. The fraction of sp³-hybridized carbons (Fsp3) is 0.600. The van der Waals surface area contributed by atoms with Crippen LogP contribution in [-0.2, 0) is 0 Å². The van der Waals surface area contributed by atoms with Crippen LogP contribution < -0.4 is 15.2 Å². The van der Waals surface area contributed by atoms with Gasteiger partial charge in [0.1, 0.15) is 0 Å². The molecule has 3 nitrogen and oxygen atoms in total. The molecule has 0 saturated heterocycles. The Morgan fingerprint density at radius 1 is 1.17 bits per heavy atom. The largest absolute Gasteiger partial charge is 0.490 e. The molecule has 0 aliphatic carbocycles. The van der Waals surface area contributed by atoms with Crippen LogP contribution in [0.1, 0.15) is 44.1 Å². The van der Waals surface area contributed by atoms with E-state index in [1.807, 2.05) is 6.07 Å². The van der Waals surface area contributed by atoms with Crippen LogP contribution in [0.2, 0.25) is 0 Å². The summed E-state index contributed by atoms with van der Waals surface area (Å²) in [6.07, 6.45) is 4.42. The first-order valence-electron chi connectivity index (χ1n) is 6.91. The zero-order valence-electron chi connectivity index (χ0n) is 11.2. The summed E-state index contributed by atoms with van der Waals surface area (Å²) < 4.78 is 11.4. The molecule has 1 heterocycles. The molecule has 1 aromatic carbocycles. The highest BCUT2D eigenvalue weighted by Crippen LogP contribution is 2.33. The quantitative estimate of drug-likeness (QED) is 0.816. The minimum Gasteiger partial charge on any atom is -0.490 e. The van der Waals surface area contributed by atoms with Crippen molar-refractivity contribution < 1.29 is 9.47 Å². The minimum atomic E-state index is 0.550. The number of unbranched alkanes of at least 4 members (excludes halogenated alkanes) is 1. The zero-order valence-corrected chi connectivity index (χ0v) is 11.2. The lowest BCUT2D eigenvalue weighted by atomic mass is 9.95. The van der Waals surface area contributed by atoms with E-state index in [-0.39, 0.29) is 0 Å². The van der Waals surface area contributed by atoms with Crippen LogP contribution in [0.4, 0.5) is 0 Å². The smallest absolute Gasteiger partial charge is 0.161 e. The second-order valence-electron chi connectivity index (χ2n) is 4.94. The van der Waals surface area contributed by atoms with Crippen molar-refractivity contribution in [1.82, 2.24) is 0 Å². The molecule has 18 heavy (non-hydrogen) atoms. The highest BCUT2D eigenvalue weighted by atomic mass is 16.5. The Bertz CT molecular complexity index is 379. The van der Waals surface area contributed by atoms with Gasteiger partial charge in [-0.3, -0.25) is 0 Å². The molecule has 3 heteroatoms. The van der Waals surface area contributed by atoms with Crippen molar-refractivity contribution in [2.24, 2.45) is 5.73 Å². The second kappa shape index (κ2) is 6.64. The van der Waals surface area contributed by atoms with Crippen molar-refractivity contribution in [3.63, 3.8) is 0 Å². The Kier molecular flexibility index (Phi) is 4.88. The molecule has 0 bridgehead atoms. The number of fused-ring (bicyclic) bond motifs is 1. The van der Waals surface area contributed by atoms with Gasteiger partial charge in [-0.1, -0.05) is 19.4 Å². The molecule has 100 valence electrons. The van der Waals surface area contributed by atoms with Gasteiger partial charge in [-0.2, -0.15) is 0 Å². The lowest BCUT2D eigenvalue weighted by molar-refractivity contribution is 0.297. The maximum Gasteiger partial charge on any atom is 0.161 e. The summed E-state index contributed by atoms with van der Waals surface area (Å²) in [6, 6.07) is 6.32. The van der Waals surface area contributed by atoms with Gasteiger partial charge in [0.25, 0.3) is 0 Å². The molecule has 0 radical (unpaired) electrons. The van der Waals surface area contributed by atoms with Crippen molar-refractivity contribution >= 4 is 0 Å². The van der Waals surface area contributed by atoms with Crippen LogP contribution >= 0.6 is 0 Å². The molecular formula is C15H23NO2. The first-order valence-corrected chi connectivity index (χ1v) is 6.91. The molecule has 0 spiro atoms. The van der Waals surface area contributed by atoms with Crippen molar-refractivity contribution in [2.75, 3.05) is 19.8 Å². The van der Waals surface area contributed by atoms with Gasteiger partial charge in [-0.25, -0.2) is 0 Å². The summed E-state index contributed by atoms with van der Waals surface area (Å²) in [5.74, 6) is 2.33. The van der Waals surface area contributed by atoms with Gasteiger partial charge in [-0.15, -0.1) is 0 Å². The maximum absolute atomic E-state index is 5.72. The molecule has 1 aliphatic rings. The van der Waals surface area contributed by atoms with Crippen LogP contribution in [0.5, 0.6) is 11.5 Å². The lowest BCUT2D eigenvalue weighted by Gasteiger charge is -2.14. The standard InChI is InChI=1S/C15H23NO2/c1-12(5-2-3-8-16)13-6-7-14-15(11-13)18-10-4-9-17-14/h6-7,11-12H,2-5,8-10,16H2,1H3. The zero-order chi connectivity index (χ0) is 12.8. The van der Waals surface area contributed by atoms with E-state index in [1.54, 1.807) is 0 Å². The molecular weight excluding hydrogens is 226 g/mol. The van der Waals surface area contributed by atoms with Crippen molar-refractivity contribution in [3.05, 3.63) is 23.8 Å². The van der Waals surface area contributed by atoms with E-state index >= 15 is 0 Å². The minimum absolute atomic E-state index is 0.550. The normalized spacial score (nSPS) is 16.1. The molecule has 1 atom stereocenters. The molecule has 0 saturated carbocycles. The summed E-state index contributed by atoms with van der Waals surface area (Å²) in [7, 11) is 0. The highest BCUT2D eigenvalue weighted by molar-refractivity contribution is 5.44. The monoisotopic (exact) mass is 249 g/mol. The number of rotatable bonds is 5. The molecule has 0 amide bonds. The van der Waals surface area contributed by atoms with E-state index in [4.69, 9.17) is 15.2 Å². The lowest BCUT2D eigenvalue weighted by Crippen LogP contribution is -2.01. The fourth-order valence-corrected chi connectivity index (χ4v) is 2.25. The van der Waals surface area contributed by atoms with E-state index in [9.17, 15) is 0 Å². The summed E-state index contributed by atoms with van der Waals surface area (Å²) in [5.41, 5.74) is 6.86. The third-order valence-corrected chi connectivity index (χ3v) is 3.43. The Balaban J connectivity index is 2.02. The highest BCUT2D eigenvalue weighted by Gasteiger charge is 2.13. The van der Waals surface area contributed by atoms with Gasteiger partial charge in [-0.05, 0) is 43.0 Å². The SMILES string of the molecule is CC(CCCCN)c1ccc2c(c1)OCCCO2. The summed E-state index contributed by atoms with van der Waals surface area (Å²) >= 11 is 0. The number of hydrogen-bond acceptors (Lipinski definition) is 3. The van der Waals surface area contributed by atoms with Gasteiger partial charge in [0.05, 0.1) is 13.2 Å². The van der Waals surface area contributed by atoms with Crippen molar-refractivity contribution in [3.8, 4) is 11.5 Å². The Morgan fingerprint density at radius 3 is 2.72 bits per heavy atom. The number of hydrogen-bond donors (Lipinski definition) is 1. The maximum atomic E-state index is 5.72. The van der Waals surface area contributed by atoms with Gasteiger partial charge in [0.15, 0.2) is 11.5 Å². The Morgan fingerprint density at radius 2 is 1.94 bits per heavy atom. The summed E-state index contributed by atoms with van der Waals surface area (Å²) in [6.45, 7) is 4.54. The molecule has 0 fully saturated rings. The van der Waals surface area contributed by atoms with Gasteiger partial charge in [0, 0.05) is 6.42 Å². The second-order valence-corrected chi connectivity index (χ2v) is 4.94. The topological polar surface area (TPSA) is 44.5 Å². The van der Waals surface area contributed by atoms with Crippen molar-refractivity contribution in [1.29, 1.82) is 0 Å². The predicted molar refractivity (Wildman–Crippen MR) is 73.4 cm³/mol. The van der Waals surface area contributed by atoms with Crippen LogP contribution in [0.15, 0.2) is 18.2 Å². The fourth-order valence-electron chi connectivity index (χ4n) is 2.25. The summed E-state index contributed by atoms with van der Waals surface area (Å²) in [5, 5.41) is 0. The third kappa shape index (κ3) is 3.39. The van der Waals surface area contributed by atoms with Crippen LogP contribution in [0.25, 0.3) is 0 Å². The van der Waals surface area contributed by atoms with E-state index in [1.165, 1.54) is 18.4 Å². The third-order valence-electron chi connectivity index (χ3n) is 3.43. The van der Waals surface area contributed by atoms with Crippen LogP contribution in [0, 0.1) is 0 Å². The number of ether oxygens (including phenoxy) is 2. The molecule has 1 aliphatic heterocycles. The average molecular weight is 249 g/mol. The first-order chi connectivity index (χ1) is 8.81. The predicted octanol–water partition coefficient (Wildman–Crippen LogP) is 3.08. The molecule has 1 aromatic rings. The van der Waals surface area contributed by atoms with E-state index in [0.717, 1.165) is 44.1 Å². The number of benzene rings is 1. The Hall–Kier alpha value is -1.22. The Labute approximate surface area is 109 Å². The van der Waals surface area contributed by atoms with E-state index in [0.29, 0.717) is 5.92 Å². The molecule has 0 aromatic heterocycles. The van der Waals surface area contributed by atoms with E-state index < -0.39 is 0 Å². The summed E-state index contributed by atoms with van der Waals surface area (Å²) in [4.78, 5) is 0. The molecule has 1 unspecified atom stereocenters. The van der Waals surface area contributed by atoms with Gasteiger partial charge >= 0.3 is 0 Å². The molecule has 2 rings (SSSR count). The van der Waals surface area contributed by atoms with Crippen molar-refractivity contribution in [2.45, 2.75) is 38.5 Å². The first kappa shape index (κ1) is 13.2. The van der Waals surface area contributed by atoms with Gasteiger partial charge in [0.2, 0.25) is 0 Å². The molecule has 2 N–H and O–H groups in total.